The number of ether oxygens (including phenoxy) is 12. The molecule has 0 spiro atoms. The van der Waals surface area contributed by atoms with Gasteiger partial charge in [0.25, 0.3) is 0 Å². The zero-order valence-corrected chi connectivity index (χ0v) is 56.3. The summed E-state index contributed by atoms with van der Waals surface area (Å²) >= 11 is 2.85. The maximum absolute atomic E-state index is 14.5. The Labute approximate surface area is 537 Å². The molecule has 4 heterocycles. The number of ketones is 1. The monoisotopic (exact) mass is 1410 g/mol. The molecule has 19 atom stereocenters. The average molecular weight is 1410 g/mol. The van der Waals surface area contributed by atoms with Crippen LogP contribution < -0.4 is 30.3 Å². The molecule has 0 aromatic heterocycles. The van der Waals surface area contributed by atoms with Gasteiger partial charge in [0, 0.05) is 50.7 Å². The number of nitrogens with one attached hydrogen (secondary N) is 3. The highest BCUT2D eigenvalue weighted by molar-refractivity contribution is 14.1. The number of alkyl carbamates (subject to hydrolysis) is 1. The Morgan fingerprint density at radius 2 is 1.63 bits per heavy atom. The summed E-state index contributed by atoms with van der Waals surface area (Å²) in [4.78, 5) is 47.7. The number of rotatable bonds is 24. The van der Waals surface area contributed by atoms with E-state index in [0.29, 0.717) is 21.4 Å². The van der Waals surface area contributed by atoms with Gasteiger partial charge in [0.1, 0.15) is 24.4 Å². The molecule has 2 unspecified atom stereocenters. The molecule has 0 bridgehead atoms. The molecule has 4 saturated heterocycles. The van der Waals surface area contributed by atoms with E-state index in [0.717, 1.165) is 18.9 Å². The Bertz CT molecular complexity index is 2730. The number of Topliss-reactive ketones (excluding diaryl/α,β-unsaturated/α-hetero) is 1. The Balaban J connectivity index is 1.26. The van der Waals surface area contributed by atoms with Crippen LogP contribution in [0.3, 0.4) is 0 Å². The number of thioether (sulfide) groups is 1. The van der Waals surface area contributed by atoms with Crippen LogP contribution in [-0.2, 0) is 52.3 Å². The average Bonchev–Trinajstić information content (AvgIpc) is 1.56. The van der Waals surface area contributed by atoms with Gasteiger partial charge in [0.05, 0.1) is 109 Å². The summed E-state index contributed by atoms with van der Waals surface area (Å²) in [7, 11) is 11.4. The van der Waals surface area contributed by atoms with E-state index in [1.54, 1.807) is 47.8 Å². The normalized spacial score (nSPS) is 33.7. The molecule has 8 N–H and O–H groups in total. The molecule has 1 aliphatic carbocycles. The molecule has 1 amide bonds. The number of benzene rings is 1. The summed E-state index contributed by atoms with van der Waals surface area (Å²) in [5.74, 6) is 10.9. The van der Waals surface area contributed by atoms with Crippen LogP contribution in [0, 0.1) is 40.1 Å². The van der Waals surface area contributed by atoms with Crippen molar-refractivity contribution in [3.8, 4) is 40.9 Å². The number of amides is 1. The number of hydrogen-bond acceptors (Lipinski definition) is 27. The molecule has 87 heavy (non-hydrogen) atoms. The molecular weight excluding hydrogens is 1330 g/mol. The smallest absolute Gasteiger partial charge is 0.411 e. The number of aliphatic hydroxyl groups is 5. The van der Waals surface area contributed by atoms with Crippen LogP contribution >= 0.6 is 65.8 Å². The molecule has 4 aliphatic heterocycles. The fourth-order valence-electron chi connectivity index (χ4n) is 10.9. The lowest BCUT2D eigenvalue weighted by molar-refractivity contribution is -0.336. The summed E-state index contributed by atoms with van der Waals surface area (Å²) in [5.41, 5.74) is 1.74. The van der Waals surface area contributed by atoms with Gasteiger partial charge in [-0.05, 0) is 110 Å². The molecule has 486 valence electrons. The van der Waals surface area contributed by atoms with Gasteiger partial charge in [-0.3, -0.25) is 19.7 Å². The van der Waals surface area contributed by atoms with E-state index in [-0.39, 0.29) is 77.9 Å². The first-order valence-corrected chi connectivity index (χ1v) is 34.1. The van der Waals surface area contributed by atoms with E-state index in [4.69, 9.17) is 61.7 Å². The first kappa shape index (κ1) is 73.1. The highest BCUT2D eigenvalue weighted by atomic mass is 127. The van der Waals surface area contributed by atoms with Crippen LogP contribution in [-0.4, -0.2) is 219 Å². The number of aliphatic hydroxyl groups excluding tert-OH is 4. The van der Waals surface area contributed by atoms with Crippen molar-refractivity contribution in [2.45, 2.75) is 177 Å². The third-order valence-electron chi connectivity index (χ3n) is 15.3. The molecule has 24 nitrogen and oxygen atoms in total. The maximum Gasteiger partial charge on any atom is 0.411 e. The Kier molecular flexibility index (Phi) is 29.1. The zero-order chi connectivity index (χ0) is 63.9. The van der Waals surface area contributed by atoms with E-state index in [9.17, 15) is 39.9 Å². The van der Waals surface area contributed by atoms with Gasteiger partial charge in [-0.1, -0.05) is 64.1 Å². The van der Waals surface area contributed by atoms with Crippen LogP contribution in [0.15, 0.2) is 35.1 Å². The van der Waals surface area contributed by atoms with Crippen molar-refractivity contribution in [1.82, 2.24) is 16.1 Å². The van der Waals surface area contributed by atoms with Crippen LogP contribution in [0.2, 0.25) is 0 Å². The van der Waals surface area contributed by atoms with E-state index in [2.05, 4.69) is 39.8 Å². The van der Waals surface area contributed by atoms with Crippen molar-refractivity contribution >= 4 is 82.8 Å². The standard InChI is InChI=1S/C58H82IN3O21S4/c1-14-16-17-18-19-20-37(42-33(21-22-85-87-84-13)58(7,70)25-36(65)45(42)61-57(69)75-12)80-56-51(81-39-24-38(71-8)34(27-76-39)60-15-2)46(66)44(30(5)79-56)62-83-40-23-35(64)53(31(6)77-40)86-54(68)41-28(3)43(59)50(52(74-11)49(41)73-10)82-55-47(67)48(72-9)32(26-63)29(4)78-55/h17-18,21,29-32,34-35,37-40,44,46-48,51,53,55-56,60,62-64,66-67,70H,15,22-27H2,1-13H3,(H,61,69)/b18-17-,33-21+/t29-,30+,31?,32-,34-,35-,37?,38-,39-,40-,44+,46-,47+,48+,51+,53+,55-,56-,58-/m0/s1. The molecule has 29 heteroatoms. The van der Waals surface area contributed by atoms with Crippen LogP contribution in [0.4, 0.5) is 4.79 Å². The van der Waals surface area contributed by atoms with Crippen molar-refractivity contribution < 1.29 is 102 Å². The van der Waals surface area contributed by atoms with E-state index in [1.165, 1.54) is 71.8 Å². The van der Waals surface area contributed by atoms with Crippen LogP contribution in [0.1, 0.15) is 76.7 Å². The third kappa shape index (κ3) is 18.0. The van der Waals surface area contributed by atoms with Gasteiger partial charge in [-0.15, -0.1) is 5.92 Å². The van der Waals surface area contributed by atoms with E-state index in [1.807, 2.05) is 35.8 Å². The topological polar surface area (TPSA) is 308 Å². The van der Waals surface area contributed by atoms with Gasteiger partial charge in [0.15, 0.2) is 36.2 Å². The Hall–Kier alpha value is -2.94. The predicted octanol–water partition coefficient (Wildman–Crippen LogP) is 4.47. The molecule has 0 radical (unpaired) electrons. The second-order valence-electron chi connectivity index (χ2n) is 21.0. The number of hydroxylamine groups is 1. The summed E-state index contributed by atoms with van der Waals surface area (Å²) in [6.07, 6.45) is -9.98. The Morgan fingerprint density at radius 3 is 2.26 bits per heavy atom. The van der Waals surface area contributed by atoms with Gasteiger partial charge >= 0.3 is 6.09 Å². The summed E-state index contributed by atoms with van der Waals surface area (Å²) in [6.45, 7) is 12.4. The lowest BCUT2D eigenvalue weighted by Crippen LogP contribution is -2.65. The van der Waals surface area contributed by atoms with E-state index < -0.39 is 126 Å². The lowest BCUT2D eigenvalue weighted by atomic mass is 9.76. The summed E-state index contributed by atoms with van der Waals surface area (Å²) in [5, 5.41) is 62.2. The predicted molar refractivity (Wildman–Crippen MR) is 336 cm³/mol. The fourth-order valence-corrected chi connectivity index (χ4v) is 15.1. The minimum atomic E-state index is -1.77. The van der Waals surface area contributed by atoms with Crippen LogP contribution in [0.25, 0.3) is 0 Å². The lowest BCUT2D eigenvalue weighted by Gasteiger charge is -2.46. The number of likely N-dealkylation sites (N-methyl/N-ethyl adjacent to an activating group) is 1. The summed E-state index contributed by atoms with van der Waals surface area (Å²) < 4.78 is 73.3. The molecule has 5 aliphatic rings. The molecule has 1 aromatic carbocycles. The van der Waals surface area contributed by atoms with Crippen molar-refractivity contribution in [1.29, 1.82) is 0 Å². The zero-order valence-electron chi connectivity index (χ0n) is 50.9. The number of allylic oxidation sites excluding steroid dienone is 3. The van der Waals surface area contributed by atoms with Crippen molar-refractivity contribution in [3.63, 3.8) is 0 Å². The molecule has 6 rings (SSSR count). The van der Waals surface area contributed by atoms with Crippen molar-refractivity contribution in [2.24, 2.45) is 5.92 Å². The van der Waals surface area contributed by atoms with Gasteiger partial charge in [-0.2, -0.15) is 5.48 Å². The first-order valence-electron chi connectivity index (χ1n) is 28.1. The highest BCUT2D eigenvalue weighted by Crippen LogP contribution is 2.49. The fraction of sp³-hybridized carbons (Fsp3) is 0.672. The maximum atomic E-state index is 14.5. The number of carbonyl (C=O) groups is 3. The Morgan fingerprint density at radius 1 is 0.920 bits per heavy atom. The number of carbonyl (C=O) groups excluding carboxylic acids is 3. The van der Waals surface area contributed by atoms with Crippen LogP contribution in [0.5, 0.6) is 17.2 Å². The van der Waals surface area contributed by atoms with Gasteiger partial charge in [-0.25, -0.2) is 4.79 Å². The van der Waals surface area contributed by atoms with Gasteiger partial charge < -0.3 is 87.7 Å². The molecule has 1 aromatic rings. The minimum Gasteiger partial charge on any atom is -0.492 e. The number of methoxy groups -OCH3 is 5. The van der Waals surface area contributed by atoms with Crippen molar-refractivity contribution in [3.05, 3.63) is 49.8 Å². The first-order chi connectivity index (χ1) is 41.6. The van der Waals surface area contributed by atoms with Crippen molar-refractivity contribution in [2.75, 3.05) is 67.3 Å². The largest absolute Gasteiger partial charge is 0.492 e. The number of hydrogen-bond donors (Lipinski definition) is 8. The molecular formula is C58H82IN3O21S4. The minimum absolute atomic E-state index is 0.0157. The number of halogens is 1. The second kappa shape index (κ2) is 34.6. The second-order valence-corrected chi connectivity index (χ2v) is 27.6. The third-order valence-corrected chi connectivity index (χ3v) is 21.7. The highest BCUT2D eigenvalue weighted by Gasteiger charge is 2.52. The molecule has 0 saturated carbocycles. The van der Waals surface area contributed by atoms with E-state index >= 15 is 0 Å². The SMILES string of the molecule is CC#C/C=C\C#CC(O[C@@H]1O[C@H](C)[C@@H](NO[C@H]2C[C@H](O)[C@H](SC(=O)c3c(C)c(I)c(O[C@@H]4O[C@@H](C)[C@H](CO)[C@@H](OC)[C@H]4O)c(OC)c3OC)C(C)O2)[C@H](O)[C@H]1O[C@H]1C[C@H](OC)[C@@H](NCC)CO1)C1=C(NC(=O)OC)C(=O)C[C@](C)(O)/C1=C/CSSSC. The van der Waals surface area contributed by atoms with Gasteiger partial charge in [0.2, 0.25) is 17.2 Å². The summed E-state index contributed by atoms with van der Waals surface area (Å²) in [6, 6.07) is -1.28. The molecule has 4 fully saturated rings. The quantitative estimate of drug-likeness (QED) is 0.0233.